The number of ketones is 1. The van der Waals surface area contributed by atoms with Gasteiger partial charge in [-0.15, -0.1) is 11.3 Å². The van der Waals surface area contributed by atoms with Crippen molar-refractivity contribution >= 4 is 23.1 Å². The highest BCUT2D eigenvalue weighted by molar-refractivity contribution is 7.14. The Morgan fingerprint density at radius 2 is 1.94 bits per heavy atom. The molecule has 0 saturated carbocycles. The molecule has 1 heterocycles. The summed E-state index contributed by atoms with van der Waals surface area (Å²) < 4.78 is 4.60. The van der Waals surface area contributed by atoms with E-state index in [9.17, 15) is 9.59 Å². The number of ether oxygens (including phenoxy) is 1. The van der Waals surface area contributed by atoms with E-state index in [-0.39, 0.29) is 23.6 Å². The Labute approximate surface area is 112 Å². The third-order valence-corrected chi connectivity index (χ3v) is 3.71. The highest BCUT2D eigenvalue weighted by Crippen LogP contribution is 2.24. The maximum atomic E-state index is 12.0. The van der Waals surface area contributed by atoms with E-state index in [0.29, 0.717) is 6.42 Å². The van der Waals surface area contributed by atoms with Gasteiger partial charge in [-0.2, -0.15) is 0 Å². The number of carbonyl (C=O) groups is 2. The zero-order valence-corrected chi connectivity index (χ0v) is 12.2. The lowest BCUT2D eigenvalue weighted by Gasteiger charge is -2.16. The molecule has 0 fully saturated rings. The molecule has 1 rings (SSSR count). The first kappa shape index (κ1) is 14.9. The summed E-state index contributed by atoms with van der Waals surface area (Å²) in [6.45, 7) is 6.37. The first-order chi connectivity index (χ1) is 8.31. The number of rotatable bonds is 5. The van der Waals surface area contributed by atoms with Crippen LogP contribution >= 0.6 is 11.3 Å². The molecule has 0 aliphatic carbocycles. The zero-order chi connectivity index (χ0) is 13.8. The van der Waals surface area contributed by atoms with Crippen LogP contribution in [0, 0.1) is 5.41 Å². The molecular formula is C14H20O3S. The number of esters is 1. The van der Waals surface area contributed by atoms with Crippen LogP contribution in [0.4, 0.5) is 0 Å². The van der Waals surface area contributed by atoms with E-state index in [2.05, 4.69) is 25.5 Å². The van der Waals surface area contributed by atoms with Crippen LogP contribution in [-0.2, 0) is 16.0 Å². The van der Waals surface area contributed by atoms with Crippen LogP contribution in [-0.4, -0.2) is 18.9 Å². The molecule has 100 valence electrons. The van der Waals surface area contributed by atoms with Crippen LogP contribution in [0.3, 0.4) is 0 Å². The van der Waals surface area contributed by atoms with Gasteiger partial charge in [0, 0.05) is 11.3 Å². The SMILES string of the molecule is COC(=O)Cc1ccc(C(=O)CCC(C)(C)C)s1. The van der Waals surface area contributed by atoms with Gasteiger partial charge in [-0.25, -0.2) is 0 Å². The van der Waals surface area contributed by atoms with E-state index in [0.717, 1.165) is 16.2 Å². The number of methoxy groups -OCH3 is 1. The Balaban J connectivity index is 2.57. The number of Topliss-reactive ketones (excluding diaryl/α,β-unsaturated/α-hetero) is 1. The van der Waals surface area contributed by atoms with Crippen LogP contribution in [0.1, 0.15) is 48.2 Å². The highest BCUT2D eigenvalue weighted by atomic mass is 32.1. The van der Waals surface area contributed by atoms with E-state index in [1.807, 2.05) is 6.07 Å². The summed E-state index contributed by atoms with van der Waals surface area (Å²) in [6.07, 6.45) is 1.67. The smallest absolute Gasteiger partial charge is 0.310 e. The van der Waals surface area contributed by atoms with E-state index < -0.39 is 0 Å². The van der Waals surface area contributed by atoms with Crippen molar-refractivity contribution in [2.45, 2.75) is 40.0 Å². The summed E-state index contributed by atoms with van der Waals surface area (Å²) in [5.74, 6) is -0.114. The molecule has 4 heteroatoms. The summed E-state index contributed by atoms with van der Waals surface area (Å²) in [4.78, 5) is 24.7. The minimum absolute atomic E-state index is 0.158. The lowest BCUT2D eigenvalue weighted by molar-refractivity contribution is -0.139. The van der Waals surface area contributed by atoms with Crippen LogP contribution in [0.25, 0.3) is 0 Å². The lowest BCUT2D eigenvalue weighted by atomic mass is 9.89. The van der Waals surface area contributed by atoms with Gasteiger partial charge in [0.1, 0.15) is 0 Å². The summed E-state index contributed by atoms with van der Waals surface area (Å²) in [6, 6.07) is 3.62. The Morgan fingerprint density at radius 1 is 1.28 bits per heavy atom. The Bertz CT molecular complexity index is 426. The predicted octanol–water partition coefficient (Wildman–Crippen LogP) is 3.47. The Hall–Kier alpha value is -1.16. The predicted molar refractivity (Wildman–Crippen MR) is 73.1 cm³/mol. The fraction of sp³-hybridized carbons (Fsp3) is 0.571. The third kappa shape index (κ3) is 5.00. The van der Waals surface area contributed by atoms with E-state index >= 15 is 0 Å². The molecule has 0 atom stereocenters. The number of carbonyl (C=O) groups excluding carboxylic acids is 2. The van der Waals surface area contributed by atoms with Crippen LogP contribution < -0.4 is 0 Å². The zero-order valence-electron chi connectivity index (χ0n) is 11.4. The van der Waals surface area contributed by atoms with Crippen molar-refractivity contribution in [1.82, 2.24) is 0 Å². The topological polar surface area (TPSA) is 43.4 Å². The van der Waals surface area contributed by atoms with Crippen LogP contribution in [0.15, 0.2) is 12.1 Å². The van der Waals surface area contributed by atoms with Gasteiger partial charge >= 0.3 is 5.97 Å². The van der Waals surface area contributed by atoms with Crippen molar-refractivity contribution in [1.29, 1.82) is 0 Å². The number of hydrogen-bond donors (Lipinski definition) is 0. The maximum absolute atomic E-state index is 12.0. The molecule has 0 bridgehead atoms. The molecule has 0 N–H and O–H groups in total. The summed E-state index contributed by atoms with van der Waals surface area (Å²) >= 11 is 1.38. The summed E-state index contributed by atoms with van der Waals surface area (Å²) in [5, 5.41) is 0. The van der Waals surface area contributed by atoms with Crippen molar-refractivity contribution in [3.05, 3.63) is 21.9 Å². The molecule has 0 aromatic carbocycles. The van der Waals surface area contributed by atoms with Gasteiger partial charge in [0.2, 0.25) is 0 Å². The fourth-order valence-electron chi connectivity index (χ4n) is 1.45. The van der Waals surface area contributed by atoms with Gasteiger partial charge in [-0.05, 0) is 24.0 Å². The molecule has 1 aromatic rings. The Morgan fingerprint density at radius 3 is 2.50 bits per heavy atom. The molecular weight excluding hydrogens is 248 g/mol. The molecule has 0 radical (unpaired) electrons. The first-order valence-corrected chi connectivity index (χ1v) is 6.82. The van der Waals surface area contributed by atoms with Crippen molar-refractivity contribution in [3.63, 3.8) is 0 Å². The highest BCUT2D eigenvalue weighted by Gasteiger charge is 2.16. The van der Waals surface area contributed by atoms with Gasteiger partial charge in [0.15, 0.2) is 5.78 Å². The molecule has 3 nitrogen and oxygen atoms in total. The summed E-state index contributed by atoms with van der Waals surface area (Å²) in [5.41, 5.74) is 0.168. The second-order valence-corrected chi connectivity index (χ2v) is 6.67. The van der Waals surface area contributed by atoms with Crippen molar-refractivity contribution in [2.75, 3.05) is 7.11 Å². The third-order valence-electron chi connectivity index (χ3n) is 2.58. The molecule has 0 spiro atoms. The van der Waals surface area contributed by atoms with Crippen LogP contribution in [0.2, 0.25) is 0 Å². The quantitative estimate of drug-likeness (QED) is 0.606. The normalized spacial score (nSPS) is 11.3. The average molecular weight is 268 g/mol. The number of hydrogen-bond acceptors (Lipinski definition) is 4. The van der Waals surface area contributed by atoms with Gasteiger partial charge in [-0.1, -0.05) is 20.8 Å². The molecule has 0 saturated heterocycles. The molecule has 0 aliphatic heterocycles. The second-order valence-electron chi connectivity index (χ2n) is 5.50. The molecule has 18 heavy (non-hydrogen) atoms. The van der Waals surface area contributed by atoms with Gasteiger partial charge < -0.3 is 4.74 Å². The van der Waals surface area contributed by atoms with Gasteiger partial charge in [0.05, 0.1) is 18.4 Å². The fourth-order valence-corrected chi connectivity index (χ4v) is 2.41. The van der Waals surface area contributed by atoms with E-state index in [4.69, 9.17) is 0 Å². The summed E-state index contributed by atoms with van der Waals surface area (Å²) in [7, 11) is 1.37. The molecule has 0 unspecified atom stereocenters. The van der Waals surface area contributed by atoms with Crippen molar-refractivity contribution in [2.24, 2.45) is 5.41 Å². The molecule has 1 aromatic heterocycles. The van der Waals surface area contributed by atoms with Gasteiger partial charge in [0.25, 0.3) is 0 Å². The first-order valence-electron chi connectivity index (χ1n) is 6.00. The van der Waals surface area contributed by atoms with Gasteiger partial charge in [-0.3, -0.25) is 9.59 Å². The molecule has 0 amide bonds. The standard InChI is InChI=1S/C14H20O3S/c1-14(2,3)8-7-11(15)12-6-5-10(18-12)9-13(16)17-4/h5-6H,7-9H2,1-4H3. The van der Waals surface area contributed by atoms with Crippen LogP contribution in [0.5, 0.6) is 0 Å². The van der Waals surface area contributed by atoms with Crippen molar-refractivity contribution < 1.29 is 14.3 Å². The monoisotopic (exact) mass is 268 g/mol. The Kier molecular flexibility index (Phi) is 5.08. The number of thiophene rings is 1. The van der Waals surface area contributed by atoms with E-state index in [1.54, 1.807) is 6.07 Å². The molecule has 0 aliphatic rings. The minimum Gasteiger partial charge on any atom is -0.469 e. The average Bonchev–Trinajstić information content (AvgIpc) is 2.73. The van der Waals surface area contributed by atoms with Crippen molar-refractivity contribution in [3.8, 4) is 0 Å². The lowest BCUT2D eigenvalue weighted by Crippen LogP contribution is -2.08. The second kappa shape index (κ2) is 6.14. The largest absolute Gasteiger partial charge is 0.469 e. The van der Waals surface area contributed by atoms with E-state index in [1.165, 1.54) is 18.4 Å². The minimum atomic E-state index is -0.273. The maximum Gasteiger partial charge on any atom is 0.310 e.